The van der Waals surface area contributed by atoms with Gasteiger partial charge in [-0.3, -0.25) is 4.79 Å². The number of aromatic nitrogens is 1. The average Bonchev–Trinajstić information content (AvgIpc) is 3.19. The first-order valence-corrected chi connectivity index (χ1v) is 9.99. The van der Waals surface area contributed by atoms with Crippen LogP contribution in [0.2, 0.25) is 0 Å². The molecule has 0 aliphatic carbocycles. The van der Waals surface area contributed by atoms with Gasteiger partial charge >= 0.3 is 0 Å². The van der Waals surface area contributed by atoms with Crippen LogP contribution in [0, 0.1) is 11.3 Å². The molecule has 0 N–H and O–H groups in total. The number of rotatable bonds is 7. The van der Waals surface area contributed by atoms with Crippen LogP contribution in [0.3, 0.4) is 0 Å². The Bertz CT molecular complexity index is 1300. The molecular weight excluding hydrogens is 384 g/mol. The van der Waals surface area contributed by atoms with Crippen molar-refractivity contribution in [2.24, 2.45) is 10.2 Å². The normalized spacial score (nSPS) is 11.6. The summed E-state index contributed by atoms with van der Waals surface area (Å²) in [4.78, 5) is 13.1. The number of hydrogen-bond donors (Lipinski definition) is 0. The Balaban J connectivity index is 1.71. The Morgan fingerprint density at radius 2 is 1.55 bits per heavy atom. The fourth-order valence-electron chi connectivity index (χ4n) is 3.44. The lowest BCUT2D eigenvalue weighted by molar-refractivity contribution is 0.106. The van der Waals surface area contributed by atoms with Crippen LogP contribution in [0.1, 0.15) is 27.9 Å². The SMILES string of the molecule is N#CCCn1cc(/C=N\N=C(/C(=O)c2ccccc2)c2ccccc2)c2ccccc21. The van der Waals surface area contributed by atoms with Gasteiger partial charge in [-0.25, -0.2) is 0 Å². The summed E-state index contributed by atoms with van der Waals surface area (Å²) in [6.45, 7) is 0.607. The molecule has 31 heavy (non-hydrogen) atoms. The molecule has 4 aromatic rings. The second kappa shape index (κ2) is 9.47. The highest BCUT2D eigenvalue weighted by molar-refractivity contribution is 6.51. The molecule has 1 heterocycles. The van der Waals surface area contributed by atoms with Crippen molar-refractivity contribution in [1.82, 2.24) is 4.57 Å². The van der Waals surface area contributed by atoms with E-state index in [1.54, 1.807) is 18.3 Å². The second-order valence-corrected chi connectivity index (χ2v) is 6.96. The highest BCUT2D eigenvalue weighted by atomic mass is 16.1. The van der Waals surface area contributed by atoms with E-state index in [2.05, 4.69) is 16.3 Å². The van der Waals surface area contributed by atoms with Gasteiger partial charge in [0.25, 0.3) is 0 Å². The molecule has 0 aliphatic rings. The lowest BCUT2D eigenvalue weighted by Gasteiger charge is -2.04. The van der Waals surface area contributed by atoms with E-state index in [1.165, 1.54) is 0 Å². The Labute approximate surface area is 180 Å². The molecule has 0 atom stereocenters. The first-order valence-electron chi connectivity index (χ1n) is 9.99. The van der Waals surface area contributed by atoms with Gasteiger partial charge in [0.05, 0.1) is 18.7 Å². The molecule has 4 rings (SSSR count). The largest absolute Gasteiger partial charge is 0.346 e. The Hall–Kier alpha value is -4.30. The van der Waals surface area contributed by atoms with Crippen LogP contribution in [-0.2, 0) is 6.54 Å². The Kier molecular flexibility index (Phi) is 6.10. The minimum absolute atomic E-state index is 0.180. The van der Waals surface area contributed by atoms with Crippen LogP contribution < -0.4 is 0 Å². The summed E-state index contributed by atoms with van der Waals surface area (Å²) < 4.78 is 2.04. The predicted molar refractivity (Wildman–Crippen MR) is 124 cm³/mol. The van der Waals surface area contributed by atoms with E-state index in [1.807, 2.05) is 83.6 Å². The summed E-state index contributed by atoms with van der Waals surface area (Å²) in [6, 6.07) is 28.5. The molecular formula is C26H20N4O. The zero-order valence-electron chi connectivity index (χ0n) is 16.8. The first kappa shape index (κ1) is 20.0. The lowest BCUT2D eigenvalue weighted by atomic mass is 10.0. The number of benzene rings is 3. The van der Waals surface area contributed by atoms with Gasteiger partial charge in [0, 0.05) is 40.3 Å². The number of hydrogen-bond acceptors (Lipinski definition) is 4. The summed E-state index contributed by atoms with van der Waals surface area (Å²) in [6.07, 6.45) is 4.05. The third kappa shape index (κ3) is 4.49. The van der Waals surface area contributed by atoms with E-state index in [0.717, 1.165) is 16.5 Å². The van der Waals surface area contributed by atoms with Crippen LogP contribution in [-0.4, -0.2) is 22.3 Å². The molecule has 0 bridgehead atoms. The van der Waals surface area contributed by atoms with Crippen molar-refractivity contribution >= 4 is 28.6 Å². The fraction of sp³-hybridized carbons (Fsp3) is 0.0769. The number of para-hydroxylation sites is 1. The maximum Gasteiger partial charge on any atom is 0.213 e. The van der Waals surface area contributed by atoms with Gasteiger partial charge in [-0.05, 0) is 6.07 Å². The molecule has 0 saturated carbocycles. The van der Waals surface area contributed by atoms with Gasteiger partial charge in [-0.2, -0.15) is 10.4 Å². The van der Waals surface area contributed by atoms with Gasteiger partial charge < -0.3 is 4.57 Å². The molecule has 5 nitrogen and oxygen atoms in total. The number of Topliss-reactive ketones (excluding diaryl/α,β-unsaturated/α-hetero) is 1. The number of carbonyl (C=O) groups is 1. The van der Waals surface area contributed by atoms with Crippen LogP contribution in [0.15, 0.2) is 101 Å². The Morgan fingerprint density at radius 1 is 0.903 bits per heavy atom. The Morgan fingerprint density at radius 3 is 2.26 bits per heavy atom. The highest BCUT2D eigenvalue weighted by Crippen LogP contribution is 2.20. The van der Waals surface area contributed by atoms with E-state index in [4.69, 9.17) is 5.26 Å². The van der Waals surface area contributed by atoms with Crippen molar-refractivity contribution in [3.05, 3.63) is 108 Å². The number of aryl methyl sites for hydroxylation is 1. The van der Waals surface area contributed by atoms with Crippen molar-refractivity contribution in [2.75, 3.05) is 0 Å². The van der Waals surface area contributed by atoms with Crippen molar-refractivity contribution in [1.29, 1.82) is 5.26 Å². The van der Waals surface area contributed by atoms with Crippen molar-refractivity contribution in [3.8, 4) is 6.07 Å². The summed E-state index contributed by atoms with van der Waals surface area (Å²) in [5, 5.41) is 18.5. The van der Waals surface area contributed by atoms with Gasteiger partial charge in [0.2, 0.25) is 5.78 Å². The second-order valence-electron chi connectivity index (χ2n) is 6.96. The van der Waals surface area contributed by atoms with E-state index < -0.39 is 0 Å². The summed E-state index contributed by atoms with van der Waals surface area (Å²) >= 11 is 0. The molecule has 5 heteroatoms. The van der Waals surface area contributed by atoms with Crippen LogP contribution in [0.5, 0.6) is 0 Å². The third-order valence-electron chi connectivity index (χ3n) is 4.94. The molecule has 0 saturated heterocycles. The van der Waals surface area contributed by atoms with E-state index in [-0.39, 0.29) is 11.5 Å². The molecule has 150 valence electrons. The van der Waals surface area contributed by atoms with E-state index in [9.17, 15) is 4.79 Å². The molecule has 0 spiro atoms. The van der Waals surface area contributed by atoms with Gasteiger partial charge in [-0.1, -0.05) is 78.9 Å². The fourth-order valence-corrected chi connectivity index (χ4v) is 3.44. The van der Waals surface area contributed by atoms with Crippen molar-refractivity contribution in [3.63, 3.8) is 0 Å². The quantitative estimate of drug-likeness (QED) is 0.239. The molecule has 0 radical (unpaired) electrons. The summed E-state index contributed by atoms with van der Waals surface area (Å²) in [7, 11) is 0. The zero-order valence-corrected chi connectivity index (χ0v) is 16.8. The van der Waals surface area contributed by atoms with E-state index >= 15 is 0 Å². The predicted octanol–water partition coefficient (Wildman–Crippen LogP) is 5.26. The highest BCUT2D eigenvalue weighted by Gasteiger charge is 2.16. The minimum atomic E-state index is -0.180. The molecule has 3 aromatic carbocycles. The summed E-state index contributed by atoms with van der Waals surface area (Å²) in [5.41, 5.74) is 3.48. The molecule has 0 unspecified atom stereocenters. The minimum Gasteiger partial charge on any atom is -0.346 e. The lowest BCUT2D eigenvalue weighted by Crippen LogP contribution is -2.15. The molecule has 0 fully saturated rings. The van der Waals surface area contributed by atoms with Gasteiger partial charge in [-0.15, -0.1) is 5.10 Å². The standard InChI is InChI=1S/C26H20N4O/c27-16-9-17-30-19-22(23-14-7-8-15-24(23)30)18-28-29-25(20-10-3-1-4-11-20)26(31)21-12-5-2-6-13-21/h1-8,10-15,18-19H,9,17H2/b28-18-,29-25-. The van der Waals surface area contributed by atoms with Crippen molar-refractivity contribution < 1.29 is 4.79 Å². The van der Waals surface area contributed by atoms with Crippen LogP contribution in [0.4, 0.5) is 0 Å². The smallest absolute Gasteiger partial charge is 0.213 e. The van der Waals surface area contributed by atoms with Gasteiger partial charge in [0.1, 0.15) is 5.71 Å². The number of nitriles is 1. The van der Waals surface area contributed by atoms with Crippen molar-refractivity contribution in [2.45, 2.75) is 13.0 Å². The van der Waals surface area contributed by atoms with Crippen LogP contribution >= 0.6 is 0 Å². The molecule has 0 amide bonds. The summed E-state index contributed by atoms with van der Waals surface area (Å²) in [5.74, 6) is -0.180. The van der Waals surface area contributed by atoms with E-state index in [0.29, 0.717) is 24.1 Å². The first-order chi connectivity index (χ1) is 15.3. The van der Waals surface area contributed by atoms with Gasteiger partial charge in [0.15, 0.2) is 0 Å². The molecule has 0 aliphatic heterocycles. The maximum atomic E-state index is 13.1. The zero-order chi connectivity index (χ0) is 21.5. The van der Waals surface area contributed by atoms with Crippen LogP contribution in [0.25, 0.3) is 10.9 Å². The third-order valence-corrected chi connectivity index (χ3v) is 4.94. The number of ketones is 1. The number of carbonyl (C=O) groups excluding carboxylic acids is 1. The number of fused-ring (bicyclic) bond motifs is 1. The number of nitrogens with zero attached hydrogens (tertiary/aromatic N) is 4. The monoisotopic (exact) mass is 404 g/mol. The molecule has 1 aromatic heterocycles. The topological polar surface area (TPSA) is 70.5 Å². The average molecular weight is 404 g/mol. The maximum absolute atomic E-state index is 13.1.